The third kappa shape index (κ3) is 2.04. The molecule has 0 unspecified atom stereocenters. The summed E-state index contributed by atoms with van der Waals surface area (Å²) in [6.45, 7) is 6.14. The van der Waals surface area contributed by atoms with Crippen molar-refractivity contribution in [2.24, 2.45) is 0 Å². The maximum atomic E-state index is 10.7. The minimum absolute atomic E-state index is 0.0475. The summed E-state index contributed by atoms with van der Waals surface area (Å²) < 4.78 is 1.93. The summed E-state index contributed by atoms with van der Waals surface area (Å²) in [7, 11) is 1.50. The molecule has 0 saturated heterocycles. The molecule has 0 aliphatic heterocycles. The van der Waals surface area contributed by atoms with Gasteiger partial charge < -0.3 is 5.11 Å². The average Bonchev–Trinajstić information content (AvgIpc) is 2.49. The zero-order valence-corrected chi connectivity index (χ0v) is 8.90. The predicted octanol–water partition coefficient (Wildman–Crippen LogP) is 1.17. The number of hydrogen-bond donors (Lipinski definition) is 2. The number of hydrogen-bond acceptors (Lipinski definition) is 1. The Balaban J connectivity index is 2.94. The minimum atomic E-state index is -0.979. The number of imidazole rings is 1. The smallest absolute Gasteiger partial charge is 0.414 e. The van der Waals surface area contributed by atoms with Crippen LogP contribution in [0.1, 0.15) is 20.8 Å². The Morgan fingerprint density at radius 2 is 2.14 bits per heavy atom. The van der Waals surface area contributed by atoms with Crippen LogP contribution in [-0.2, 0) is 5.54 Å². The lowest BCUT2D eigenvalue weighted by Crippen LogP contribution is -2.48. The summed E-state index contributed by atoms with van der Waals surface area (Å²) in [5, 5.41) is 8.74. The summed E-state index contributed by atoms with van der Waals surface area (Å²) in [5.74, 6) is 0.562. The second-order valence-corrected chi connectivity index (χ2v) is 4.21. The number of aromatic nitrogens is 2. The van der Waals surface area contributed by atoms with Gasteiger partial charge in [-0.25, -0.2) is 19.2 Å². The highest BCUT2D eigenvalue weighted by atomic mass is 16.4. The molecule has 1 aromatic rings. The van der Waals surface area contributed by atoms with E-state index >= 15 is 0 Å². The average molecular weight is 198 g/mol. The highest BCUT2D eigenvalue weighted by Gasteiger charge is 2.22. The van der Waals surface area contributed by atoms with E-state index in [2.05, 4.69) is 4.98 Å². The van der Waals surface area contributed by atoms with Crippen LogP contribution in [0.5, 0.6) is 0 Å². The second-order valence-electron chi connectivity index (χ2n) is 4.21. The van der Waals surface area contributed by atoms with Gasteiger partial charge in [0.05, 0.1) is 0 Å². The molecule has 1 aromatic heterocycles. The van der Waals surface area contributed by atoms with Crippen LogP contribution in [-0.4, -0.2) is 23.2 Å². The molecule has 5 heteroatoms. The molecular formula is C9H16N3O2+. The zero-order chi connectivity index (χ0) is 10.9. The molecule has 5 nitrogen and oxygen atoms in total. The summed E-state index contributed by atoms with van der Waals surface area (Å²) in [4.78, 5) is 14.7. The molecule has 0 atom stereocenters. The summed E-state index contributed by atoms with van der Waals surface area (Å²) in [5.41, 5.74) is -0.0475. The summed E-state index contributed by atoms with van der Waals surface area (Å²) in [6, 6.07) is 0. The highest BCUT2D eigenvalue weighted by molar-refractivity contribution is 5.83. The molecule has 2 N–H and O–H groups in total. The third-order valence-electron chi connectivity index (χ3n) is 2.04. The van der Waals surface area contributed by atoms with Crippen molar-refractivity contribution in [3.05, 3.63) is 12.5 Å². The lowest BCUT2D eigenvalue weighted by molar-refractivity contribution is -0.752. The fraction of sp³-hybridized carbons (Fsp3) is 0.556. The van der Waals surface area contributed by atoms with Gasteiger partial charge in [0, 0.05) is 7.05 Å². The van der Waals surface area contributed by atoms with E-state index in [1.54, 1.807) is 12.5 Å². The third-order valence-corrected chi connectivity index (χ3v) is 2.04. The van der Waals surface area contributed by atoms with Crippen molar-refractivity contribution in [2.45, 2.75) is 26.3 Å². The van der Waals surface area contributed by atoms with Gasteiger partial charge in [0.15, 0.2) is 6.20 Å². The van der Waals surface area contributed by atoms with Crippen molar-refractivity contribution >= 4 is 11.9 Å². The van der Waals surface area contributed by atoms with Gasteiger partial charge in [-0.2, -0.15) is 0 Å². The largest absolute Gasteiger partial charge is 0.465 e. The van der Waals surface area contributed by atoms with Crippen molar-refractivity contribution in [1.82, 2.24) is 4.98 Å². The first-order valence-electron chi connectivity index (χ1n) is 4.39. The fourth-order valence-electron chi connectivity index (χ4n) is 1.02. The van der Waals surface area contributed by atoms with Gasteiger partial charge in [-0.15, -0.1) is 0 Å². The Kier molecular flexibility index (Phi) is 2.51. The van der Waals surface area contributed by atoms with Crippen LogP contribution in [0.2, 0.25) is 0 Å². The SMILES string of the molecule is CN(C(=O)O)c1c[n+](C(C)(C)C)c[nH]1. The van der Waals surface area contributed by atoms with Gasteiger partial charge in [-0.05, 0) is 20.8 Å². The van der Waals surface area contributed by atoms with Gasteiger partial charge in [-0.3, -0.25) is 0 Å². The quantitative estimate of drug-likeness (QED) is 0.665. The number of carbonyl (C=O) groups is 1. The van der Waals surface area contributed by atoms with Gasteiger partial charge in [0.25, 0.3) is 0 Å². The molecule has 14 heavy (non-hydrogen) atoms. The molecule has 0 fully saturated rings. The minimum Gasteiger partial charge on any atom is -0.465 e. The zero-order valence-electron chi connectivity index (χ0n) is 8.90. The maximum Gasteiger partial charge on any atom is 0.414 e. The summed E-state index contributed by atoms with van der Waals surface area (Å²) in [6.07, 6.45) is 2.55. The van der Waals surface area contributed by atoms with Gasteiger partial charge in [-0.1, -0.05) is 0 Å². The molecular weight excluding hydrogens is 182 g/mol. The highest BCUT2D eigenvalue weighted by Crippen LogP contribution is 2.09. The molecule has 0 saturated carbocycles. The Morgan fingerprint density at radius 1 is 1.57 bits per heavy atom. The van der Waals surface area contributed by atoms with Crippen LogP contribution in [0.3, 0.4) is 0 Å². The Labute approximate surface area is 83.0 Å². The lowest BCUT2D eigenvalue weighted by Gasteiger charge is -2.13. The molecule has 0 aliphatic rings. The Morgan fingerprint density at radius 3 is 2.50 bits per heavy atom. The Bertz CT molecular complexity index is 338. The fourth-order valence-corrected chi connectivity index (χ4v) is 1.02. The molecule has 0 radical (unpaired) electrons. The number of anilines is 1. The van der Waals surface area contributed by atoms with E-state index in [0.717, 1.165) is 4.90 Å². The second kappa shape index (κ2) is 3.32. The number of carboxylic acid groups (broad SMARTS) is 1. The van der Waals surface area contributed by atoms with Gasteiger partial charge >= 0.3 is 6.09 Å². The number of nitrogens with zero attached hydrogens (tertiary/aromatic N) is 2. The van der Waals surface area contributed by atoms with Crippen LogP contribution in [0.4, 0.5) is 10.6 Å². The van der Waals surface area contributed by atoms with E-state index in [4.69, 9.17) is 5.11 Å². The van der Waals surface area contributed by atoms with E-state index < -0.39 is 6.09 Å². The number of rotatable bonds is 1. The molecule has 0 aromatic carbocycles. The molecule has 0 bridgehead atoms. The summed E-state index contributed by atoms with van der Waals surface area (Å²) >= 11 is 0. The van der Waals surface area contributed by atoms with Crippen LogP contribution in [0.25, 0.3) is 0 Å². The molecule has 0 spiro atoms. The van der Waals surface area contributed by atoms with Crippen molar-refractivity contribution in [3.8, 4) is 0 Å². The predicted molar refractivity (Wildman–Crippen MR) is 52.4 cm³/mol. The molecule has 1 rings (SSSR count). The lowest BCUT2D eigenvalue weighted by atomic mass is 10.1. The first-order chi connectivity index (χ1) is 6.32. The van der Waals surface area contributed by atoms with Crippen molar-refractivity contribution < 1.29 is 14.5 Å². The Hall–Kier alpha value is -1.52. The number of amides is 1. The number of aromatic amines is 1. The van der Waals surface area contributed by atoms with Crippen molar-refractivity contribution in [3.63, 3.8) is 0 Å². The van der Waals surface area contributed by atoms with E-state index in [0.29, 0.717) is 5.82 Å². The normalized spacial score (nSPS) is 11.4. The van der Waals surface area contributed by atoms with Crippen LogP contribution in [0, 0.1) is 0 Å². The first-order valence-corrected chi connectivity index (χ1v) is 4.39. The van der Waals surface area contributed by atoms with Crippen LogP contribution in [0.15, 0.2) is 12.5 Å². The molecule has 1 heterocycles. The first kappa shape index (κ1) is 10.6. The standard InChI is InChI=1S/C9H15N3O2/c1-9(2,3)12-5-7(10-6-12)11(4)8(13)14/h5-6H,1-4H3,(H,13,14)/p+1. The van der Waals surface area contributed by atoms with E-state index in [1.807, 2.05) is 25.3 Å². The van der Waals surface area contributed by atoms with E-state index in [1.165, 1.54) is 7.05 Å². The van der Waals surface area contributed by atoms with E-state index in [9.17, 15) is 4.79 Å². The van der Waals surface area contributed by atoms with Crippen LogP contribution < -0.4 is 9.47 Å². The van der Waals surface area contributed by atoms with Crippen LogP contribution >= 0.6 is 0 Å². The van der Waals surface area contributed by atoms with Crippen molar-refractivity contribution in [2.75, 3.05) is 11.9 Å². The maximum absolute atomic E-state index is 10.7. The van der Waals surface area contributed by atoms with Gasteiger partial charge in [0.1, 0.15) is 5.54 Å². The van der Waals surface area contributed by atoms with Crippen molar-refractivity contribution in [1.29, 1.82) is 0 Å². The van der Waals surface area contributed by atoms with Gasteiger partial charge in [0.2, 0.25) is 12.1 Å². The topological polar surface area (TPSA) is 60.2 Å². The molecule has 1 amide bonds. The number of nitrogens with one attached hydrogen (secondary N) is 1. The molecule has 78 valence electrons. The van der Waals surface area contributed by atoms with E-state index in [-0.39, 0.29) is 5.54 Å². The monoisotopic (exact) mass is 198 g/mol. The number of H-pyrrole nitrogens is 1. The molecule has 0 aliphatic carbocycles.